The number of ether oxygens (including phenoxy) is 1. The van der Waals surface area contributed by atoms with Crippen LogP contribution < -0.4 is 0 Å². The first-order valence-electron chi connectivity index (χ1n) is 5.53. The molecule has 1 heteroatoms. The molecule has 0 fully saturated rings. The zero-order valence-corrected chi connectivity index (χ0v) is 9.58. The molecule has 0 unspecified atom stereocenters. The first-order chi connectivity index (χ1) is 7.81. The van der Waals surface area contributed by atoms with Gasteiger partial charge in [-0.1, -0.05) is 36.4 Å². The molecule has 1 aliphatic carbocycles. The van der Waals surface area contributed by atoms with E-state index in [1.165, 1.54) is 33.0 Å². The fraction of sp³-hybridized carbons (Fsp3) is 0.200. The normalized spacial score (nSPS) is 13.2. The van der Waals surface area contributed by atoms with Gasteiger partial charge in [-0.15, -0.1) is 0 Å². The molecule has 16 heavy (non-hydrogen) atoms. The first kappa shape index (κ1) is 9.61. The van der Waals surface area contributed by atoms with Gasteiger partial charge in [0.2, 0.25) is 0 Å². The van der Waals surface area contributed by atoms with E-state index in [9.17, 15) is 0 Å². The van der Waals surface area contributed by atoms with Gasteiger partial charge < -0.3 is 4.74 Å². The van der Waals surface area contributed by atoms with Crippen LogP contribution >= 0.6 is 0 Å². The largest absolute Gasteiger partial charge is 0.380 e. The Hall–Kier alpha value is -1.60. The lowest BCUT2D eigenvalue weighted by molar-refractivity contribution is 0.185. The van der Waals surface area contributed by atoms with Gasteiger partial charge in [-0.3, -0.25) is 0 Å². The Labute approximate surface area is 95.4 Å². The van der Waals surface area contributed by atoms with Crippen LogP contribution in [0.1, 0.15) is 23.6 Å². The number of rotatable bonds is 2. The minimum absolute atomic E-state index is 0.684. The van der Waals surface area contributed by atoms with Crippen molar-refractivity contribution in [3.63, 3.8) is 0 Å². The predicted octanol–water partition coefficient (Wildman–Crippen LogP) is 3.86. The molecule has 0 atom stereocenters. The van der Waals surface area contributed by atoms with Gasteiger partial charge >= 0.3 is 0 Å². The lowest BCUT2D eigenvalue weighted by atomic mass is 9.99. The summed E-state index contributed by atoms with van der Waals surface area (Å²) in [7, 11) is 1.74. The molecule has 3 rings (SSSR count). The molecule has 0 spiro atoms. The second-order valence-corrected chi connectivity index (χ2v) is 4.30. The average Bonchev–Trinajstić information content (AvgIpc) is 2.63. The molecule has 0 aromatic heterocycles. The molecule has 1 nitrogen and oxygen atoms in total. The zero-order valence-electron chi connectivity index (χ0n) is 9.58. The molecule has 80 valence electrons. The highest BCUT2D eigenvalue weighted by Crippen LogP contribution is 2.38. The summed E-state index contributed by atoms with van der Waals surface area (Å²) in [4.78, 5) is 0. The van der Waals surface area contributed by atoms with Gasteiger partial charge in [-0.25, -0.2) is 0 Å². The number of hydrogen-bond donors (Lipinski definition) is 0. The van der Waals surface area contributed by atoms with Crippen LogP contribution in [0.5, 0.6) is 0 Å². The quantitative estimate of drug-likeness (QED) is 0.731. The van der Waals surface area contributed by atoms with Crippen LogP contribution in [-0.4, -0.2) is 7.11 Å². The monoisotopic (exact) mass is 210 g/mol. The maximum Gasteiger partial charge on any atom is 0.0719 e. The minimum Gasteiger partial charge on any atom is -0.380 e. The summed E-state index contributed by atoms with van der Waals surface area (Å²) >= 11 is 0. The standard InChI is InChI=1S/C15H14O/c1-10-8-14-12(9-16-2)7-6-11-4-3-5-13(10)15(11)14/h3-8H,9H2,1-2H3. The van der Waals surface area contributed by atoms with Gasteiger partial charge in [-0.05, 0) is 40.0 Å². The number of hydrogen-bond acceptors (Lipinski definition) is 1. The summed E-state index contributed by atoms with van der Waals surface area (Å²) in [5, 5.41) is 2.70. The van der Waals surface area contributed by atoms with Crippen LogP contribution in [0.2, 0.25) is 0 Å². The summed E-state index contributed by atoms with van der Waals surface area (Å²) in [6.45, 7) is 2.86. The van der Waals surface area contributed by atoms with Gasteiger partial charge in [0.15, 0.2) is 0 Å². The highest BCUT2D eigenvalue weighted by molar-refractivity contribution is 6.09. The summed E-state index contributed by atoms with van der Waals surface area (Å²) in [6.07, 6.45) is 2.27. The summed E-state index contributed by atoms with van der Waals surface area (Å²) < 4.78 is 5.25. The summed E-state index contributed by atoms with van der Waals surface area (Å²) in [5.74, 6) is 0. The fourth-order valence-electron chi connectivity index (χ4n) is 2.52. The van der Waals surface area contributed by atoms with Crippen LogP contribution in [0, 0.1) is 0 Å². The van der Waals surface area contributed by atoms with Gasteiger partial charge in [0.05, 0.1) is 6.61 Å². The Morgan fingerprint density at radius 2 is 2.00 bits per heavy atom. The average molecular weight is 210 g/mol. The second-order valence-electron chi connectivity index (χ2n) is 4.30. The van der Waals surface area contributed by atoms with Crippen molar-refractivity contribution in [1.82, 2.24) is 0 Å². The minimum atomic E-state index is 0.684. The topological polar surface area (TPSA) is 9.23 Å². The van der Waals surface area contributed by atoms with E-state index in [1.54, 1.807) is 7.11 Å². The second kappa shape index (κ2) is 3.46. The van der Waals surface area contributed by atoms with Crippen LogP contribution in [0.4, 0.5) is 0 Å². The van der Waals surface area contributed by atoms with E-state index >= 15 is 0 Å². The van der Waals surface area contributed by atoms with Crippen molar-refractivity contribution in [2.75, 3.05) is 7.11 Å². The lowest BCUT2D eigenvalue weighted by Gasteiger charge is -2.07. The Morgan fingerprint density at radius 3 is 2.81 bits per heavy atom. The van der Waals surface area contributed by atoms with E-state index in [1.807, 2.05) is 0 Å². The number of methoxy groups -OCH3 is 1. The molecule has 2 aromatic rings. The molecule has 0 saturated heterocycles. The first-order valence-corrected chi connectivity index (χ1v) is 5.53. The number of benzene rings is 2. The van der Waals surface area contributed by atoms with Crippen LogP contribution in [-0.2, 0) is 11.3 Å². The summed E-state index contributed by atoms with van der Waals surface area (Å²) in [6, 6.07) is 10.8. The third kappa shape index (κ3) is 1.22. The van der Waals surface area contributed by atoms with E-state index in [4.69, 9.17) is 4.74 Å². The molecule has 0 heterocycles. The highest BCUT2D eigenvalue weighted by Gasteiger charge is 2.15. The molecule has 0 amide bonds. The van der Waals surface area contributed by atoms with Crippen LogP contribution in [0.25, 0.3) is 22.4 Å². The van der Waals surface area contributed by atoms with Crippen molar-refractivity contribution in [3.05, 3.63) is 47.0 Å². The predicted molar refractivity (Wildman–Crippen MR) is 68.2 cm³/mol. The maximum atomic E-state index is 5.25. The molecule has 0 bridgehead atoms. The van der Waals surface area contributed by atoms with E-state index in [0.717, 1.165) is 0 Å². The molecule has 2 aromatic carbocycles. The molecule has 0 radical (unpaired) electrons. The smallest absolute Gasteiger partial charge is 0.0719 e. The van der Waals surface area contributed by atoms with E-state index in [0.29, 0.717) is 6.61 Å². The van der Waals surface area contributed by atoms with E-state index < -0.39 is 0 Å². The highest BCUT2D eigenvalue weighted by atomic mass is 16.5. The summed E-state index contributed by atoms with van der Waals surface area (Å²) in [5.41, 5.74) is 5.33. The fourth-order valence-corrected chi connectivity index (χ4v) is 2.52. The van der Waals surface area contributed by atoms with Gasteiger partial charge in [0.25, 0.3) is 0 Å². The zero-order chi connectivity index (χ0) is 11.1. The molecule has 0 saturated carbocycles. The van der Waals surface area contributed by atoms with Crippen molar-refractivity contribution in [3.8, 4) is 0 Å². The van der Waals surface area contributed by atoms with E-state index in [2.05, 4.69) is 43.3 Å². The maximum absolute atomic E-state index is 5.25. The van der Waals surface area contributed by atoms with Crippen LogP contribution in [0.15, 0.2) is 30.3 Å². The molecule has 1 aliphatic rings. The third-order valence-electron chi connectivity index (χ3n) is 3.26. The van der Waals surface area contributed by atoms with Crippen molar-refractivity contribution >= 4 is 22.4 Å². The molecular formula is C15H14O. The number of allylic oxidation sites excluding steroid dienone is 1. The molecule has 0 N–H and O–H groups in total. The SMILES string of the molecule is COCc1ccc2cccc3c2c1C=C3C. The van der Waals surface area contributed by atoms with Crippen molar-refractivity contribution in [1.29, 1.82) is 0 Å². The Kier molecular flexibility index (Phi) is 2.08. The lowest BCUT2D eigenvalue weighted by Crippen LogP contribution is -1.91. The Morgan fingerprint density at radius 1 is 1.12 bits per heavy atom. The van der Waals surface area contributed by atoms with Crippen molar-refractivity contribution in [2.24, 2.45) is 0 Å². The Balaban J connectivity index is 2.37. The van der Waals surface area contributed by atoms with Gasteiger partial charge in [0, 0.05) is 7.11 Å². The van der Waals surface area contributed by atoms with Crippen LogP contribution in [0.3, 0.4) is 0 Å². The van der Waals surface area contributed by atoms with Crippen molar-refractivity contribution < 1.29 is 4.74 Å². The van der Waals surface area contributed by atoms with E-state index in [-0.39, 0.29) is 0 Å². The van der Waals surface area contributed by atoms with Gasteiger partial charge in [0.1, 0.15) is 0 Å². The Bertz CT molecular complexity index is 594. The third-order valence-corrected chi connectivity index (χ3v) is 3.26. The van der Waals surface area contributed by atoms with Gasteiger partial charge in [-0.2, -0.15) is 0 Å². The molecule has 0 aliphatic heterocycles. The van der Waals surface area contributed by atoms with Crippen molar-refractivity contribution in [2.45, 2.75) is 13.5 Å². The molecular weight excluding hydrogens is 196 g/mol.